The van der Waals surface area contributed by atoms with Gasteiger partial charge in [0.05, 0.1) is 11.4 Å². The summed E-state index contributed by atoms with van der Waals surface area (Å²) in [7, 11) is 0. The van der Waals surface area contributed by atoms with Gasteiger partial charge in [0, 0.05) is 22.7 Å². The first-order valence-electron chi connectivity index (χ1n) is 29.1. The van der Waals surface area contributed by atoms with Crippen LogP contribution in [0.1, 0.15) is 139 Å². The Labute approximate surface area is 478 Å². The SMILES string of the molecule is Cc1cc(C(C)(C)C)cc(C)c1N(c1ccc(-c2cc3c(C)ccc4c5ccc(C)c6cc(-c7ccc(N(c8ccc(C(C)(C)C)cc8)c8c(C)cc(C(C)(C)C)cc8C)cc7)cc(c(c2)c34)c65)cc1)c1ccc(C(C)(C)C)cc1. The average molecular weight is 1050 g/mol. The van der Waals surface area contributed by atoms with E-state index >= 15 is 0 Å². The fourth-order valence-electron chi connectivity index (χ4n) is 12.6. The number of hydrogen-bond donors (Lipinski definition) is 0. The van der Waals surface area contributed by atoms with Crippen LogP contribution in [0, 0.1) is 41.5 Å². The smallest absolute Gasteiger partial charge is 0.0520 e. The molecular weight excluding hydrogens is 965 g/mol. The molecule has 0 bridgehead atoms. The number of benzene rings is 11. The van der Waals surface area contributed by atoms with Gasteiger partial charge >= 0.3 is 0 Å². The minimum atomic E-state index is 0.0498. The topological polar surface area (TPSA) is 6.48 Å². The summed E-state index contributed by atoms with van der Waals surface area (Å²) in [6.07, 6.45) is 0. The molecule has 0 unspecified atom stereocenters. The van der Waals surface area contributed by atoms with Gasteiger partial charge in [0.15, 0.2) is 0 Å². The molecule has 0 aromatic heterocycles. The minimum Gasteiger partial charge on any atom is -0.310 e. The molecule has 0 heterocycles. The summed E-state index contributed by atoms with van der Waals surface area (Å²) < 4.78 is 0. The van der Waals surface area contributed by atoms with Crippen LogP contribution in [-0.2, 0) is 21.7 Å². The van der Waals surface area contributed by atoms with Gasteiger partial charge < -0.3 is 9.80 Å². The molecule has 2 heteroatoms. The van der Waals surface area contributed by atoms with E-state index in [4.69, 9.17) is 0 Å². The molecule has 80 heavy (non-hydrogen) atoms. The molecule has 0 amide bonds. The lowest BCUT2D eigenvalue weighted by Crippen LogP contribution is -2.17. The second-order valence-corrected chi connectivity index (χ2v) is 27.5. The maximum Gasteiger partial charge on any atom is 0.0520 e. The van der Waals surface area contributed by atoms with E-state index in [-0.39, 0.29) is 21.7 Å². The molecule has 11 aromatic carbocycles. The van der Waals surface area contributed by atoms with Gasteiger partial charge in [-0.2, -0.15) is 0 Å². The maximum absolute atomic E-state index is 2.48. The van der Waals surface area contributed by atoms with Crippen LogP contribution in [0.4, 0.5) is 34.1 Å². The van der Waals surface area contributed by atoms with Gasteiger partial charge in [0.25, 0.3) is 0 Å². The van der Waals surface area contributed by atoms with Crippen molar-refractivity contribution in [3.8, 4) is 22.3 Å². The summed E-state index contributed by atoms with van der Waals surface area (Å²) in [4.78, 5) is 4.94. The van der Waals surface area contributed by atoms with Crippen LogP contribution in [-0.4, -0.2) is 0 Å². The zero-order valence-electron chi connectivity index (χ0n) is 51.1. The second kappa shape index (κ2) is 19.5. The predicted octanol–water partition coefficient (Wildman–Crippen LogP) is 23.1. The van der Waals surface area contributed by atoms with Crippen molar-refractivity contribution in [2.24, 2.45) is 0 Å². The first kappa shape index (κ1) is 54.3. The molecular formula is C78H82N2. The van der Waals surface area contributed by atoms with Crippen LogP contribution in [0.5, 0.6) is 0 Å². The molecule has 0 fully saturated rings. The van der Waals surface area contributed by atoms with Crippen LogP contribution >= 0.6 is 0 Å². The van der Waals surface area contributed by atoms with Crippen molar-refractivity contribution in [3.63, 3.8) is 0 Å². The van der Waals surface area contributed by atoms with E-state index in [2.05, 4.69) is 304 Å². The molecule has 0 N–H and O–H groups in total. The van der Waals surface area contributed by atoms with Crippen molar-refractivity contribution in [1.29, 1.82) is 0 Å². The zero-order valence-corrected chi connectivity index (χ0v) is 51.1. The molecule has 0 aliphatic carbocycles. The van der Waals surface area contributed by atoms with Gasteiger partial charge in [-0.1, -0.05) is 180 Å². The molecule has 2 nitrogen and oxygen atoms in total. The van der Waals surface area contributed by atoms with Crippen molar-refractivity contribution < 1.29 is 0 Å². The van der Waals surface area contributed by atoms with Gasteiger partial charge in [-0.05, 0) is 257 Å². The Kier molecular flexibility index (Phi) is 13.3. The van der Waals surface area contributed by atoms with Gasteiger partial charge in [-0.3, -0.25) is 0 Å². The monoisotopic (exact) mass is 1050 g/mol. The van der Waals surface area contributed by atoms with Crippen LogP contribution in [0.15, 0.2) is 170 Å². The predicted molar refractivity (Wildman–Crippen MR) is 351 cm³/mol. The van der Waals surface area contributed by atoms with E-state index in [0.29, 0.717) is 0 Å². The maximum atomic E-state index is 2.48. The Balaban J connectivity index is 1.05. The van der Waals surface area contributed by atoms with Crippen LogP contribution in [0.25, 0.3) is 65.3 Å². The van der Waals surface area contributed by atoms with E-state index in [1.165, 1.54) is 132 Å². The highest BCUT2D eigenvalue weighted by molar-refractivity contribution is 6.34. The molecule has 0 saturated carbocycles. The fourth-order valence-corrected chi connectivity index (χ4v) is 12.6. The third-order valence-corrected chi connectivity index (χ3v) is 17.3. The van der Waals surface area contributed by atoms with Gasteiger partial charge in [0.1, 0.15) is 0 Å². The largest absolute Gasteiger partial charge is 0.310 e. The van der Waals surface area contributed by atoms with E-state index in [1.54, 1.807) is 0 Å². The van der Waals surface area contributed by atoms with E-state index < -0.39 is 0 Å². The molecule has 0 spiro atoms. The van der Waals surface area contributed by atoms with Crippen LogP contribution in [0.2, 0.25) is 0 Å². The van der Waals surface area contributed by atoms with Crippen molar-refractivity contribution in [3.05, 3.63) is 225 Å². The lowest BCUT2D eigenvalue weighted by molar-refractivity contribution is 0.589. The van der Waals surface area contributed by atoms with E-state index in [9.17, 15) is 0 Å². The van der Waals surface area contributed by atoms with Crippen molar-refractivity contribution in [2.45, 2.75) is 146 Å². The summed E-state index contributed by atoms with van der Waals surface area (Å²) in [6, 6.07) is 65.9. The molecule has 0 atom stereocenters. The second-order valence-electron chi connectivity index (χ2n) is 27.5. The first-order chi connectivity index (χ1) is 37.6. The van der Waals surface area contributed by atoms with Gasteiger partial charge in [-0.25, -0.2) is 0 Å². The highest BCUT2D eigenvalue weighted by Crippen LogP contribution is 2.48. The summed E-state index contributed by atoms with van der Waals surface area (Å²) in [5, 5.41) is 10.5. The van der Waals surface area contributed by atoms with E-state index in [0.717, 1.165) is 22.7 Å². The minimum absolute atomic E-state index is 0.0498. The number of fused-ring (bicyclic) bond motifs is 2. The highest BCUT2D eigenvalue weighted by atomic mass is 15.2. The fraction of sp³-hybridized carbons (Fsp3) is 0.282. The number of hydrogen-bond acceptors (Lipinski definition) is 2. The van der Waals surface area contributed by atoms with Crippen LogP contribution in [0.3, 0.4) is 0 Å². The Morgan fingerprint density at radius 2 is 0.487 bits per heavy atom. The summed E-state index contributed by atoms with van der Waals surface area (Å²) >= 11 is 0. The third-order valence-electron chi connectivity index (χ3n) is 17.3. The Morgan fingerprint density at radius 3 is 0.762 bits per heavy atom. The Bertz CT molecular complexity index is 3840. The number of nitrogens with zero attached hydrogens (tertiary/aromatic N) is 2. The molecule has 0 radical (unpaired) electrons. The molecule has 0 saturated heterocycles. The average Bonchev–Trinajstić information content (AvgIpc) is 3.60. The number of rotatable bonds is 8. The van der Waals surface area contributed by atoms with Crippen LogP contribution < -0.4 is 9.80 Å². The number of aryl methyl sites for hydroxylation is 6. The summed E-state index contributed by atoms with van der Waals surface area (Å²) in [5.74, 6) is 0. The third kappa shape index (κ3) is 9.73. The Hall–Kier alpha value is -7.68. The molecule has 11 rings (SSSR count). The molecule has 11 aromatic rings. The molecule has 0 aliphatic heterocycles. The standard InChI is InChI=1S/C78H82N2/c1-47-19-37-65-66-38-20-48(2)68-44-56(54-23-31-62(32-24-54)80(64-35-27-58(28-36-64)76(10,11)12)74-51(5)41-60(42-52(74)6)78(16,17)18)46-70(72(66)68)69-45-55(43-67(47)71(65)69)53-21-29-61(30-22-53)79(63-33-25-57(26-34-63)75(7,8)9)73-49(3)39-59(40-50(73)4)77(13,14)15/h19-46H,1-18H3. The first-order valence-corrected chi connectivity index (χ1v) is 29.1. The van der Waals surface area contributed by atoms with Crippen molar-refractivity contribution in [2.75, 3.05) is 9.80 Å². The quantitative estimate of drug-likeness (QED) is 0.111. The summed E-state index contributed by atoms with van der Waals surface area (Å²) in [5.41, 5.74) is 25.2. The normalized spacial score (nSPS) is 12.6. The lowest BCUT2D eigenvalue weighted by Gasteiger charge is -2.31. The zero-order chi connectivity index (χ0) is 57.1. The van der Waals surface area contributed by atoms with E-state index in [1.807, 2.05) is 0 Å². The summed E-state index contributed by atoms with van der Waals surface area (Å²) in [6.45, 7) is 41.2. The van der Waals surface area contributed by atoms with Gasteiger partial charge in [0.2, 0.25) is 0 Å². The molecule has 0 aliphatic rings. The van der Waals surface area contributed by atoms with Crippen molar-refractivity contribution >= 4 is 77.2 Å². The Morgan fingerprint density at radius 1 is 0.225 bits per heavy atom. The number of anilines is 6. The van der Waals surface area contributed by atoms with Gasteiger partial charge in [-0.15, -0.1) is 0 Å². The van der Waals surface area contributed by atoms with Crippen molar-refractivity contribution in [1.82, 2.24) is 0 Å². The highest BCUT2D eigenvalue weighted by Gasteiger charge is 2.26. The lowest BCUT2D eigenvalue weighted by atomic mass is 9.84. The molecule has 404 valence electrons.